The first-order valence-electron chi connectivity index (χ1n) is 9.37. The highest BCUT2D eigenvalue weighted by Gasteiger charge is 2.11. The van der Waals surface area contributed by atoms with Crippen LogP contribution in [0.3, 0.4) is 0 Å². The van der Waals surface area contributed by atoms with E-state index in [4.69, 9.17) is 4.74 Å². The van der Waals surface area contributed by atoms with E-state index in [1.165, 1.54) is 6.21 Å². The standard InChI is InChI=1S/C23H23N3O3/c1-3-16-8-5-7-11-20(16)25-22(27)14-23(28)26-24-15-19-18-10-6-4-9-17(18)12-13-21(19)29-2/h4-13,15H,3,14H2,1-2H3,(H,25,27)(H,26,28). The third kappa shape index (κ3) is 4.99. The van der Waals surface area contributed by atoms with Crippen molar-refractivity contribution in [2.75, 3.05) is 12.4 Å². The maximum absolute atomic E-state index is 12.2. The molecule has 6 nitrogen and oxygen atoms in total. The number of carbonyl (C=O) groups excluding carboxylic acids is 2. The third-order valence-electron chi connectivity index (χ3n) is 4.53. The van der Waals surface area contributed by atoms with E-state index < -0.39 is 5.91 Å². The Labute approximate surface area is 169 Å². The second kappa shape index (κ2) is 9.50. The molecule has 0 fully saturated rings. The van der Waals surface area contributed by atoms with Crippen LogP contribution in [0.15, 0.2) is 65.8 Å². The van der Waals surface area contributed by atoms with Crippen LogP contribution in [-0.4, -0.2) is 25.1 Å². The molecule has 0 aromatic heterocycles. The van der Waals surface area contributed by atoms with Crippen LogP contribution in [-0.2, 0) is 16.0 Å². The fourth-order valence-corrected chi connectivity index (χ4v) is 3.09. The van der Waals surface area contributed by atoms with Gasteiger partial charge in [-0.3, -0.25) is 9.59 Å². The van der Waals surface area contributed by atoms with Crippen molar-refractivity contribution < 1.29 is 14.3 Å². The largest absolute Gasteiger partial charge is 0.496 e. The van der Waals surface area contributed by atoms with Crippen LogP contribution in [0.2, 0.25) is 0 Å². The predicted molar refractivity (Wildman–Crippen MR) is 115 cm³/mol. The average Bonchev–Trinajstić information content (AvgIpc) is 2.74. The normalized spacial score (nSPS) is 10.8. The molecule has 0 atom stereocenters. The lowest BCUT2D eigenvalue weighted by molar-refractivity contribution is -0.126. The van der Waals surface area contributed by atoms with Gasteiger partial charge in [0.25, 0.3) is 0 Å². The average molecular weight is 389 g/mol. The highest BCUT2D eigenvalue weighted by molar-refractivity contribution is 6.05. The molecule has 3 aromatic carbocycles. The topological polar surface area (TPSA) is 79.8 Å². The lowest BCUT2D eigenvalue weighted by Gasteiger charge is -2.09. The molecule has 0 saturated carbocycles. The summed E-state index contributed by atoms with van der Waals surface area (Å²) >= 11 is 0. The minimum atomic E-state index is -0.494. The number of anilines is 1. The van der Waals surface area contributed by atoms with Crippen LogP contribution in [0.5, 0.6) is 5.75 Å². The number of methoxy groups -OCH3 is 1. The van der Waals surface area contributed by atoms with Crippen molar-refractivity contribution in [2.45, 2.75) is 19.8 Å². The summed E-state index contributed by atoms with van der Waals surface area (Å²) in [7, 11) is 1.58. The molecule has 0 aliphatic heterocycles. The number of nitrogens with one attached hydrogen (secondary N) is 2. The van der Waals surface area contributed by atoms with Crippen molar-refractivity contribution in [3.63, 3.8) is 0 Å². The van der Waals surface area contributed by atoms with Gasteiger partial charge in [0.05, 0.1) is 13.3 Å². The molecule has 0 aliphatic rings. The molecular weight excluding hydrogens is 366 g/mol. The second-order valence-corrected chi connectivity index (χ2v) is 6.43. The first-order valence-corrected chi connectivity index (χ1v) is 9.37. The Bertz CT molecular complexity index is 1060. The minimum Gasteiger partial charge on any atom is -0.496 e. The number of aryl methyl sites for hydroxylation is 1. The number of fused-ring (bicyclic) bond motifs is 1. The maximum Gasteiger partial charge on any atom is 0.249 e. The SMILES string of the molecule is CCc1ccccc1NC(=O)CC(=O)NN=Cc1c(OC)ccc2ccccc12. The summed E-state index contributed by atoms with van der Waals surface area (Å²) in [6.07, 6.45) is 2.01. The molecule has 148 valence electrons. The molecule has 2 amide bonds. The van der Waals surface area contributed by atoms with Crippen LogP contribution >= 0.6 is 0 Å². The first kappa shape index (κ1) is 20.1. The molecule has 0 radical (unpaired) electrons. The summed E-state index contributed by atoms with van der Waals surface area (Å²) in [5.74, 6) is -0.233. The number of hydrazone groups is 1. The fourth-order valence-electron chi connectivity index (χ4n) is 3.09. The van der Waals surface area contributed by atoms with Gasteiger partial charge < -0.3 is 10.1 Å². The fraction of sp³-hybridized carbons (Fsp3) is 0.174. The zero-order chi connectivity index (χ0) is 20.6. The van der Waals surface area contributed by atoms with Gasteiger partial charge >= 0.3 is 0 Å². The van der Waals surface area contributed by atoms with Crippen molar-refractivity contribution in [1.82, 2.24) is 5.43 Å². The Hall–Kier alpha value is -3.67. The van der Waals surface area contributed by atoms with Crippen LogP contribution < -0.4 is 15.5 Å². The number of para-hydroxylation sites is 1. The molecule has 0 spiro atoms. The van der Waals surface area contributed by atoms with Gasteiger partial charge in [0, 0.05) is 11.3 Å². The van der Waals surface area contributed by atoms with E-state index in [9.17, 15) is 9.59 Å². The highest BCUT2D eigenvalue weighted by Crippen LogP contribution is 2.26. The Kier molecular flexibility index (Phi) is 6.58. The number of nitrogens with zero attached hydrogens (tertiary/aromatic N) is 1. The molecule has 0 heterocycles. The minimum absolute atomic E-state index is 0.317. The summed E-state index contributed by atoms with van der Waals surface area (Å²) in [4.78, 5) is 24.2. The summed E-state index contributed by atoms with van der Waals surface area (Å²) in [5.41, 5.74) is 4.90. The monoisotopic (exact) mass is 389 g/mol. The van der Waals surface area contributed by atoms with Gasteiger partial charge in [-0.25, -0.2) is 5.43 Å². The molecule has 0 saturated heterocycles. The molecule has 3 aromatic rings. The van der Waals surface area contributed by atoms with E-state index in [0.29, 0.717) is 5.75 Å². The van der Waals surface area contributed by atoms with Gasteiger partial charge in [-0.15, -0.1) is 0 Å². The van der Waals surface area contributed by atoms with Gasteiger partial charge in [-0.2, -0.15) is 5.10 Å². The molecule has 0 bridgehead atoms. The van der Waals surface area contributed by atoms with E-state index in [1.807, 2.05) is 67.6 Å². The maximum atomic E-state index is 12.2. The molecule has 2 N–H and O–H groups in total. The molecule has 29 heavy (non-hydrogen) atoms. The van der Waals surface area contributed by atoms with Crippen molar-refractivity contribution in [1.29, 1.82) is 0 Å². The van der Waals surface area contributed by atoms with Crippen molar-refractivity contribution in [3.05, 3.63) is 71.8 Å². The van der Waals surface area contributed by atoms with Gasteiger partial charge in [0.2, 0.25) is 11.8 Å². The lowest BCUT2D eigenvalue weighted by atomic mass is 10.0. The number of rotatable bonds is 7. The molecule has 0 aliphatic carbocycles. The summed E-state index contributed by atoms with van der Waals surface area (Å²) < 4.78 is 5.40. The number of hydrogen-bond acceptors (Lipinski definition) is 4. The van der Waals surface area contributed by atoms with E-state index >= 15 is 0 Å². The van der Waals surface area contributed by atoms with Gasteiger partial charge in [0.15, 0.2) is 0 Å². The summed E-state index contributed by atoms with van der Waals surface area (Å²) in [6, 6.07) is 19.2. The first-order chi connectivity index (χ1) is 14.1. The van der Waals surface area contributed by atoms with Crippen LogP contribution in [0.25, 0.3) is 10.8 Å². The van der Waals surface area contributed by atoms with Gasteiger partial charge in [0.1, 0.15) is 12.2 Å². The van der Waals surface area contributed by atoms with Gasteiger partial charge in [-0.1, -0.05) is 55.5 Å². The lowest BCUT2D eigenvalue weighted by Crippen LogP contribution is -2.25. The zero-order valence-electron chi connectivity index (χ0n) is 16.4. The number of hydrogen-bond donors (Lipinski definition) is 2. The number of carbonyl (C=O) groups is 2. The quantitative estimate of drug-likeness (QED) is 0.365. The Balaban J connectivity index is 1.64. The summed E-state index contributed by atoms with van der Waals surface area (Å²) in [5, 5.41) is 8.78. The zero-order valence-corrected chi connectivity index (χ0v) is 16.4. The van der Waals surface area contributed by atoms with Crippen LogP contribution in [0.1, 0.15) is 24.5 Å². The Morgan fingerprint density at radius 2 is 1.76 bits per heavy atom. The Morgan fingerprint density at radius 3 is 2.55 bits per heavy atom. The van der Waals surface area contributed by atoms with Crippen molar-refractivity contribution in [3.8, 4) is 5.75 Å². The number of ether oxygens (including phenoxy) is 1. The highest BCUT2D eigenvalue weighted by atomic mass is 16.5. The van der Waals surface area contributed by atoms with Crippen molar-refractivity contribution in [2.24, 2.45) is 5.10 Å². The van der Waals surface area contributed by atoms with E-state index in [0.717, 1.165) is 34.0 Å². The predicted octanol–water partition coefficient (Wildman–Crippen LogP) is 3.89. The van der Waals surface area contributed by atoms with E-state index in [1.54, 1.807) is 7.11 Å². The second-order valence-electron chi connectivity index (χ2n) is 6.43. The van der Waals surface area contributed by atoms with E-state index in [2.05, 4.69) is 15.8 Å². The molecular formula is C23H23N3O3. The molecule has 6 heteroatoms. The number of benzene rings is 3. The molecule has 0 unspecified atom stereocenters. The number of amides is 2. The Morgan fingerprint density at radius 1 is 1.00 bits per heavy atom. The summed E-state index contributed by atoms with van der Waals surface area (Å²) in [6.45, 7) is 2.01. The smallest absolute Gasteiger partial charge is 0.249 e. The van der Waals surface area contributed by atoms with Crippen molar-refractivity contribution >= 4 is 34.5 Å². The van der Waals surface area contributed by atoms with Crippen LogP contribution in [0, 0.1) is 0 Å². The van der Waals surface area contributed by atoms with Gasteiger partial charge in [-0.05, 0) is 34.9 Å². The van der Waals surface area contributed by atoms with E-state index in [-0.39, 0.29) is 12.3 Å². The van der Waals surface area contributed by atoms with Crippen LogP contribution in [0.4, 0.5) is 5.69 Å². The molecule has 3 rings (SSSR count). The third-order valence-corrected chi connectivity index (χ3v) is 4.53.